The first-order valence-corrected chi connectivity index (χ1v) is 10.9. The van der Waals surface area contributed by atoms with Crippen LogP contribution in [0.2, 0.25) is 10.0 Å². The fourth-order valence-electron chi connectivity index (χ4n) is 2.68. The Morgan fingerprint density at radius 3 is 2.50 bits per heavy atom. The van der Waals surface area contributed by atoms with Gasteiger partial charge in [-0.2, -0.15) is 4.31 Å². The highest BCUT2D eigenvalue weighted by Gasteiger charge is 2.37. The molecular weight excluding hydrogens is 385 g/mol. The summed E-state index contributed by atoms with van der Waals surface area (Å²) in [5, 5.41) is 0.699. The van der Waals surface area contributed by atoms with Gasteiger partial charge in [-0.05, 0) is 41.8 Å². The molecule has 1 aliphatic rings. The van der Waals surface area contributed by atoms with Gasteiger partial charge in [0.2, 0.25) is 10.0 Å². The molecule has 1 heterocycles. The van der Waals surface area contributed by atoms with Gasteiger partial charge in [0.05, 0.1) is 10.3 Å². The van der Waals surface area contributed by atoms with E-state index in [2.05, 4.69) is 0 Å². The van der Waals surface area contributed by atoms with Gasteiger partial charge in [0, 0.05) is 22.3 Å². The quantitative estimate of drug-likeness (QED) is 0.723. The van der Waals surface area contributed by atoms with E-state index in [1.807, 2.05) is 19.1 Å². The number of hydrogen-bond donors (Lipinski definition) is 0. The van der Waals surface area contributed by atoms with E-state index < -0.39 is 10.0 Å². The number of aryl methyl sites for hydroxylation is 1. The molecule has 2 aromatic rings. The highest BCUT2D eigenvalue weighted by Crippen LogP contribution is 2.44. The third kappa shape index (κ3) is 3.46. The Hall–Kier alpha value is -0.720. The fraction of sp³-hybridized carbons (Fsp3) is 0.294. The Morgan fingerprint density at radius 2 is 1.88 bits per heavy atom. The minimum atomic E-state index is -3.57. The summed E-state index contributed by atoms with van der Waals surface area (Å²) in [5.41, 5.74) is 1.89. The van der Waals surface area contributed by atoms with Crippen LogP contribution in [0.5, 0.6) is 0 Å². The molecule has 0 aromatic heterocycles. The zero-order valence-electron chi connectivity index (χ0n) is 13.1. The molecule has 0 aliphatic carbocycles. The molecule has 0 saturated carbocycles. The first-order valence-electron chi connectivity index (χ1n) is 7.61. The van der Waals surface area contributed by atoms with Crippen molar-refractivity contribution in [3.05, 3.63) is 63.6 Å². The number of halogens is 2. The molecule has 3 rings (SSSR count). The van der Waals surface area contributed by atoms with Gasteiger partial charge in [-0.15, -0.1) is 11.8 Å². The van der Waals surface area contributed by atoms with E-state index in [-0.39, 0.29) is 5.37 Å². The van der Waals surface area contributed by atoms with Crippen LogP contribution in [-0.4, -0.2) is 25.0 Å². The minimum Gasteiger partial charge on any atom is -0.207 e. The van der Waals surface area contributed by atoms with Crippen LogP contribution in [0.1, 0.15) is 23.4 Å². The van der Waals surface area contributed by atoms with Crippen LogP contribution in [0.4, 0.5) is 0 Å². The Bertz CT molecular complexity index is 838. The van der Waals surface area contributed by atoms with Crippen LogP contribution >= 0.6 is 35.0 Å². The average molecular weight is 402 g/mol. The van der Waals surface area contributed by atoms with E-state index in [4.69, 9.17) is 23.2 Å². The van der Waals surface area contributed by atoms with E-state index in [0.29, 0.717) is 21.5 Å². The van der Waals surface area contributed by atoms with Gasteiger partial charge in [0.15, 0.2) is 0 Å². The monoisotopic (exact) mass is 401 g/mol. The minimum absolute atomic E-state index is 0.317. The molecule has 1 unspecified atom stereocenters. The zero-order valence-corrected chi connectivity index (χ0v) is 16.2. The van der Waals surface area contributed by atoms with Crippen molar-refractivity contribution in [2.45, 2.75) is 23.6 Å². The topological polar surface area (TPSA) is 37.4 Å². The van der Waals surface area contributed by atoms with Crippen molar-refractivity contribution >= 4 is 45.0 Å². The molecule has 0 N–H and O–H groups in total. The van der Waals surface area contributed by atoms with Gasteiger partial charge >= 0.3 is 0 Å². The van der Waals surface area contributed by atoms with Gasteiger partial charge in [-0.25, -0.2) is 8.42 Å². The van der Waals surface area contributed by atoms with Crippen LogP contribution in [-0.2, 0) is 16.4 Å². The molecule has 1 atom stereocenters. The molecule has 7 heteroatoms. The van der Waals surface area contributed by atoms with Crippen molar-refractivity contribution in [1.29, 1.82) is 0 Å². The molecule has 0 amide bonds. The van der Waals surface area contributed by atoms with Gasteiger partial charge in [0.25, 0.3) is 0 Å². The summed E-state index contributed by atoms with van der Waals surface area (Å²) in [6.45, 7) is 2.51. The first kappa shape index (κ1) is 18.1. The maximum atomic E-state index is 13.0. The molecule has 24 heavy (non-hydrogen) atoms. The Labute approximate surface area is 157 Å². The Morgan fingerprint density at radius 1 is 1.17 bits per heavy atom. The number of nitrogens with zero attached hydrogens (tertiary/aromatic N) is 1. The van der Waals surface area contributed by atoms with Crippen molar-refractivity contribution in [2.75, 3.05) is 12.3 Å². The first-order chi connectivity index (χ1) is 11.4. The highest BCUT2D eigenvalue weighted by atomic mass is 35.5. The lowest BCUT2D eigenvalue weighted by atomic mass is 10.2. The van der Waals surface area contributed by atoms with E-state index >= 15 is 0 Å². The lowest BCUT2D eigenvalue weighted by molar-refractivity contribution is 0.434. The summed E-state index contributed by atoms with van der Waals surface area (Å²) in [6.07, 6.45) is 0.878. The zero-order chi connectivity index (χ0) is 17.3. The summed E-state index contributed by atoms with van der Waals surface area (Å²) >= 11 is 13.8. The number of hydrogen-bond acceptors (Lipinski definition) is 3. The summed E-state index contributed by atoms with van der Waals surface area (Å²) in [5.74, 6) is 0.732. The average Bonchev–Trinajstić information content (AvgIpc) is 3.05. The highest BCUT2D eigenvalue weighted by molar-refractivity contribution is 8.01. The lowest BCUT2D eigenvalue weighted by Gasteiger charge is -2.24. The standard InChI is InChI=1S/C17H17Cl2NO2S2/c1-2-12-3-6-14(7-4-12)24(21,22)20-9-10-23-17(20)15-8-5-13(18)11-16(15)19/h3-8,11,17H,2,9-10H2,1H3. The fourth-order valence-corrected chi connectivity index (χ4v) is 6.52. The summed E-state index contributed by atoms with van der Waals surface area (Å²) in [7, 11) is -3.57. The SMILES string of the molecule is CCc1ccc(S(=O)(=O)N2CCSC2c2ccc(Cl)cc2Cl)cc1. The second-order valence-corrected chi connectivity index (χ2v) is 9.42. The van der Waals surface area contributed by atoms with Gasteiger partial charge < -0.3 is 0 Å². The maximum absolute atomic E-state index is 13.0. The molecule has 0 bridgehead atoms. The van der Waals surface area contributed by atoms with Crippen molar-refractivity contribution in [1.82, 2.24) is 4.31 Å². The number of sulfonamides is 1. The second-order valence-electron chi connectivity index (χ2n) is 5.50. The van der Waals surface area contributed by atoms with Crippen LogP contribution in [0, 0.1) is 0 Å². The Kier molecular flexibility index (Phi) is 5.47. The van der Waals surface area contributed by atoms with E-state index in [0.717, 1.165) is 23.3 Å². The summed E-state index contributed by atoms with van der Waals surface area (Å²) in [4.78, 5) is 0.317. The molecule has 128 valence electrons. The van der Waals surface area contributed by atoms with Gasteiger partial charge in [-0.1, -0.05) is 48.3 Å². The van der Waals surface area contributed by atoms with Crippen LogP contribution < -0.4 is 0 Å². The molecular formula is C17H17Cl2NO2S2. The van der Waals surface area contributed by atoms with Crippen molar-refractivity contribution in [3.8, 4) is 0 Å². The van der Waals surface area contributed by atoms with Crippen LogP contribution in [0.25, 0.3) is 0 Å². The largest absolute Gasteiger partial charge is 0.244 e. The Balaban J connectivity index is 1.96. The molecule has 1 saturated heterocycles. The third-order valence-electron chi connectivity index (χ3n) is 4.02. The molecule has 0 spiro atoms. The summed E-state index contributed by atoms with van der Waals surface area (Å²) in [6, 6.07) is 12.3. The number of rotatable bonds is 4. The van der Waals surface area contributed by atoms with Crippen molar-refractivity contribution in [2.24, 2.45) is 0 Å². The molecule has 1 aliphatic heterocycles. The van der Waals surface area contributed by atoms with Gasteiger partial charge in [-0.3, -0.25) is 0 Å². The predicted molar refractivity (Wildman–Crippen MR) is 101 cm³/mol. The summed E-state index contributed by atoms with van der Waals surface area (Å²) < 4.78 is 27.6. The molecule has 2 aromatic carbocycles. The van der Waals surface area contributed by atoms with Crippen LogP contribution in [0.3, 0.4) is 0 Å². The molecule has 0 radical (unpaired) electrons. The normalized spacial score (nSPS) is 18.9. The third-order valence-corrected chi connectivity index (χ3v) is 7.83. The van der Waals surface area contributed by atoms with E-state index in [1.54, 1.807) is 42.1 Å². The van der Waals surface area contributed by atoms with Crippen LogP contribution in [0.15, 0.2) is 47.4 Å². The smallest absolute Gasteiger partial charge is 0.207 e. The molecule has 3 nitrogen and oxygen atoms in total. The molecule has 1 fully saturated rings. The second kappa shape index (κ2) is 7.26. The number of benzene rings is 2. The van der Waals surface area contributed by atoms with Gasteiger partial charge in [0.1, 0.15) is 0 Å². The maximum Gasteiger partial charge on any atom is 0.244 e. The lowest BCUT2D eigenvalue weighted by Crippen LogP contribution is -2.30. The predicted octanol–water partition coefficient (Wildman–Crippen LogP) is 4.99. The van der Waals surface area contributed by atoms with Crippen molar-refractivity contribution in [3.63, 3.8) is 0 Å². The van der Waals surface area contributed by atoms with E-state index in [1.165, 1.54) is 4.31 Å². The van der Waals surface area contributed by atoms with Crippen molar-refractivity contribution < 1.29 is 8.42 Å². The van der Waals surface area contributed by atoms with E-state index in [9.17, 15) is 8.42 Å². The number of thioether (sulfide) groups is 1.